The fraction of sp³-hybridized carbons (Fsp3) is 0.667. The Balaban J connectivity index is 1.73. The predicted octanol–water partition coefficient (Wildman–Crippen LogP) is 3.81. The van der Waals surface area contributed by atoms with Gasteiger partial charge in [-0.15, -0.1) is 0 Å². The number of para-hydroxylation sites is 1. The second-order valence-corrected chi connectivity index (χ2v) is 6.96. The van der Waals surface area contributed by atoms with Gasteiger partial charge in [0, 0.05) is 31.4 Å². The molecule has 0 unspecified atom stereocenters. The van der Waals surface area contributed by atoms with E-state index in [0.717, 1.165) is 18.4 Å². The number of benzene rings is 1. The van der Waals surface area contributed by atoms with Crippen LogP contribution in [0.15, 0.2) is 24.3 Å². The van der Waals surface area contributed by atoms with Crippen LogP contribution in [-0.2, 0) is 6.54 Å². The molecular weight excluding hydrogens is 244 g/mol. The predicted molar refractivity (Wildman–Crippen MR) is 86.1 cm³/mol. The van der Waals surface area contributed by atoms with Gasteiger partial charge in [0.2, 0.25) is 0 Å². The quantitative estimate of drug-likeness (QED) is 0.774. The van der Waals surface area contributed by atoms with E-state index in [9.17, 15) is 0 Å². The zero-order valence-electron chi connectivity index (χ0n) is 12.9. The molecule has 0 aliphatic heterocycles. The van der Waals surface area contributed by atoms with E-state index in [4.69, 9.17) is 0 Å². The summed E-state index contributed by atoms with van der Waals surface area (Å²) in [5, 5.41) is 3.57. The summed E-state index contributed by atoms with van der Waals surface area (Å²) in [4.78, 5) is 2.67. The zero-order chi connectivity index (χ0) is 13.9. The fourth-order valence-corrected chi connectivity index (χ4v) is 2.78. The first-order chi connectivity index (χ1) is 9.72. The van der Waals surface area contributed by atoms with Gasteiger partial charge in [-0.05, 0) is 49.1 Å². The third kappa shape index (κ3) is 3.99. The van der Waals surface area contributed by atoms with E-state index < -0.39 is 0 Å². The molecule has 20 heavy (non-hydrogen) atoms. The second kappa shape index (κ2) is 6.17. The number of anilines is 1. The molecule has 1 N–H and O–H groups in total. The molecule has 2 aliphatic rings. The van der Waals surface area contributed by atoms with E-state index in [1.807, 2.05) is 0 Å². The standard InChI is InChI=1S/C18H28N2/c1-14(2)19-11-17-5-3-4-6-18(17)20(12-15-7-8-15)13-16-9-10-16/h3-6,14-16,19H,7-13H2,1-2H3. The van der Waals surface area contributed by atoms with Gasteiger partial charge in [-0.2, -0.15) is 0 Å². The largest absolute Gasteiger partial charge is 0.371 e. The minimum Gasteiger partial charge on any atom is -0.371 e. The molecule has 2 nitrogen and oxygen atoms in total. The van der Waals surface area contributed by atoms with Crippen molar-refractivity contribution in [3.8, 4) is 0 Å². The van der Waals surface area contributed by atoms with Gasteiger partial charge >= 0.3 is 0 Å². The third-order valence-corrected chi connectivity index (χ3v) is 4.38. The maximum atomic E-state index is 3.57. The molecule has 0 aromatic heterocycles. The second-order valence-electron chi connectivity index (χ2n) is 6.96. The lowest BCUT2D eigenvalue weighted by Crippen LogP contribution is -2.30. The molecule has 2 saturated carbocycles. The van der Waals surface area contributed by atoms with Crippen LogP contribution in [0.5, 0.6) is 0 Å². The normalized spacial score (nSPS) is 18.6. The average molecular weight is 272 g/mol. The molecule has 2 aliphatic carbocycles. The Morgan fingerprint density at radius 2 is 1.65 bits per heavy atom. The Morgan fingerprint density at radius 3 is 2.20 bits per heavy atom. The van der Waals surface area contributed by atoms with Crippen molar-refractivity contribution in [3.63, 3.8) is 0 Å². The highest BCUT2D eigenvalue weighted by molar-refractivity contribution is 5.54. The maximum Gasteiger partial charge on any atom is 0.0412 e. The molecule has 1 aromatic carbocycles. The smallest absolute Gasteiger partial charge is 0.0412 e. The summed E-state index contributed by atoms with van der Waals surface area (Å²) in [6, 6.07) is 9.52. The van der Waals surface area contributed by atoms with Gasteiger partial charge in [-0.3, -0.25) is 0 Å². The molecular formula is C18H28N2. The minimum atomic E-state index is 0.545. The van der Waals surface area contributed by atoms with Crippen molar-refractivity contribution < 1.29 is 0 Å². The van der Waals surface area contributed by atoms with Gasteiger partial charge in [0.25, 0.3) is 0 Å². The Morgan fingerprint density at radius 1 is 1.05 bits per heavy atom. The average Bonchev–Trinajstić information content (AvgIpc) is 3.31. The number of nitrogens with one attached hydrogen (secondary N) is 1. The highest BCUT2D eigenvalue weighted by atomic mass is 15.1. The Bertz CT molecular complexity index is 419. The molecule has 1 aromatic rings. The molecule has 0 atom stereocenters. The number of hydrogen-bond donors (Lipinski definition) is 1. The molecule has 110 valence electrons. The number of hydrogen-bond acceptors (Lipinski definition) is 2. The molecule has 0 radical (unpaired) electrons. The van der Waals surface area contributed by atoms with Crippen LogP contribution in [0, 0.1) is 11.8 Å². The van der Waals surface area contributed by atoms with Crippen molar-refractivity contribution >= 4 is 5.69 Å². The van der Waals surface area contributed by atoms with E-state index in [1.165, 1.54) is 50.0 Å². The van der Waals surface area contributed by atoms with Crippen LogP contribution in [0.1, 0.15) is 45.1 Å². The van der Waals surface area contributed by atoms with Crippen molar-refractivity contribution in [2.75, 3.05) is 18.0 Å². The number of nitrogens with zero attached hydrogens (tertiary/aromatic N) is 1. The summed E-state index contributed by atoms with van der Waals surface area (Å²) in [5.41, 5.74) is 2.93. The third-order valence-electron chi connectivity index (χ3n) is 4.38. The van der Waals surface area contributed by atoms with Gasteiger partial charge < -0.3 is 10.2 Å². The van der Waals surface area contributed by atoms with Gasteiger partial charge in [-0.1, -0.05) is 32.0 Å². The topological polar surface area (TPSA) is 15.3 Å². The van der Waals surface area contributed by atoms with E-state index in [1.54, 1.807) is 0 Å². The summed E-state index contributed by atoms with van der Waals surface area (Å²) < 4.78 is 0. The molecule has 0 heterocycles. The van der Waals surface area contributed by atoms with Gasteiger partial charge in [-0.25, -0.2) is 0 Å². The molecule has 0 saturated heterocycles. The highest BCUT2D eigenvalue weighted by Gasteiger charge is 2.29. The van der Waals surface area contributed by atoms with Crippen LogP contribution in [0.3, 0.4) is 0 Å². The van der Waals surface area contributed by atoms with Crippen molar-refractivity contribution in [1.29, 1.82) is 0 Å². The SMILES string of the molecule is CC(C)NCc1ccccc1N(CC1CC1)CC1CC1. The minimum absolute atomic E-state index is 0.545. The summed E-state index contributed by atoms with van der Waals surface area (Å²) in [7, 11) is 0. The van der Waals surface area contributed by atoms with Crippen molar-refractivity contribution in [3.05, 3.63) is 29.8 Å². The van der Waals surface area contributed by atoms with Crippen LogP contribution in [0.25, 0.3) is 0 Å². The summed E-state index contributed by atoms with van der Waals surface area (Å²) >= 11 is 0. The first-order valence-corrected chi connectivity index (χ1v) is 8.28. The number of rotatable bonds is 8. The molecule has 2 heteroatoms. The van der Waals surface area contributed by atoms with Crippen LogP contribution < -0.4 is 10.2 Å². The zero-order valence-corrected chi connectivity index (χ0v) is 12.9. The first-order valence-electron chi connectivity index (χ1n) is 8.28. The molecule has 2 fully saturated rings. The molecule has 0 amide bonds. The van der Waals surface area contributed by atoms with Gasteiger partial charge in [0.05, 0.1) is 0 Å². The summed E-state index contributed by atoms with van der Waals surface area (Å²) in [6.07, 6.45) is 5.75. The van der Waals surface area contributed by atoms with Crippen LogP contribution >= 0.6 is 0 Å². The van der Waals surface area contributed by atoms with Crippen LogP contribution in [0.4, 0.5) is 5.69 Å². The Hall–Kier alpha value is -1.02. The fourth-order valence-electron chi connectivity index (χ4n) is 2.78. The van der Waals surface area contributed by atoms with E-state index >= 15 is 0 Å². The molecule has 0 bridgehead atoms. The van der Waals surface area contributed by atoms with E-state index in [2.05, 4.69) is 48.3 Å². The summed E-state index contributed by atoms with van der Waals surface area (Å²) in [6.45, 7) is 7.97. The lowest BCUT2D eigenvalue weighted by atomic mass is 10.1. The van der Waals surface area contributed by atoms with Crippen LogP contribution in [0.2, 0.25) is 0 Å². The summed E-state index contributed by atoms with van der Waals surface area (Å²) in [5.74, 6) is 1.92. The van der Waals surface area contributed by atoms with Gasteiger partial charge in [0.15, 0.2) is 0 Å². The first kappa shape index (κ1) is 13.9. The molecule has 0 spiro atoms. The van der Waals surface area contributed by atoms with E-state index in [-0.39, 0.29) is 0 Å². The lowest BCUT2D eigenvalue weighted by molar-refractivity contribution is 0.586. The Kier molecular flexibility index (Phi) is 4.30. The highest BCUT2D eigenvalue weighted by Crippen LogP contribution is 2.36. The van der Waals surface area contributed by atoms with Gasteiger partial charge in [0.1, 0.15) is 0 Å². The molecule has 3 rings (SSSR count). The van der Waals surface area contributed by atoms with Crippen molar-refractivity contribution in [1.82, 2.24) is 5.32 Å². The Labute approximate surface area is 123 Å². The van der Waals surface area contributed by atoms with Crippen LogP contribution in [-0.4, -0.2) is 19.1 Å². The van der Waals surface area contributed by atoms with E-state index in [0.29, 0.717) is 6.04 Å². The lowest BCUT2D eigenvalue weighted by Gasteiger charge is -2.28. The van der Waals surface area contributed by atoms with Crippen molar-refractivity contribution in [2.45, 2.75) is 52.1 Å². The van der Waals surface area contributed by atoms with Crippen molar-refractivity contribution in [2.24, 2.45) is 11.8 Å². The monoisotopic (exact) mass is 272 g/mol. The maximum absolute atomic E-state index is 3.57.